The summed E-state index contributed by atoms with van der Waals surface area (Å²) in [6.07, 6.45) is -0.414. The second kappa shape index (κ2) is 8.46. The molecule has 0 unspecified atom stereocenters. The van der Waals surface area contributed by atoms with Crippen LogP contribution >= 0.6 is 0 Å². The van der Waals surface area contributed by atoms with Gasteiger partial charge in [-0.15, -0.1) is 0 Å². The largest absolute Gasteiger partial charge is 0.465 e. The number of nitrogens with one attached hydrogen (secondary N) is 2. The number of carbonyl (C=O) groups is 1. The Hall–Kier alpha value is -3.53. The van der Waals surface area contributed by atoms with Gasteiger partial charge in [0.1, 0.15) is 5.76 Å². The summed E-state index contributed by atoms with van der Waals surface area (Å²) in [4.78, 5) is 11.7. The van der Waals surface area contributed by atoms with Crippen molar-refractivity contribution in [3.8, 4) is 0 Å². The Morgan fingerprint density at radius 3 is 2.33 bits per heavy atom. The molecule has 3 aromatic rings. The fraction of sp³-hybridized carbons (Fsp3) is 0.0500. The van der Waals surface area contributed by atoms with Crippen molar-refractivity contribution in [2.45, 2.75) is 11.1 Å². The number of halogens is 3. The maximum Gasteiger partial charge on any atom is 0.416 e. The van der Waals surface area contributed by atoms with E-state index in [0.717, 1.165) is 12.1 Å². The number of alkyl halides is 3. The third kappa shape index (κ3) is 5.51. The van der Waals surface area contributed by atoms with Crippen molar-refractivity contribution in [2.75, 3.05) is 10.0 Å². The van der Waals surface area contributed by atoms with Crippen molar-refractivity contribution in [2.24, 2.45) is 0 Å². The summed E-state index contributed by atoms with van der Waals surface area (Å²) in [5.41, 5.74) is -0.851. The number of benzene rings is 2. The van der Waals surface area contributed by atoms with E-state index in [1.165, 1.54) is 48.7 Å². The van der Waals surface area contributed by atoms with E-state index in [1.807, 2.05) is 0 Å². The monoisotopic (exact) mass is 436 g/mol. The van der Waals surface area contributed by atoms with E-state index in [9.17, 15) is 26.4 Å². The van der Waals surface area contributed by atoms with Crippen LogP contribution in [-0.4, -0.2) is 14.3 Å². The number of anilines is 2. The molecule has 0 saturated carbocycles. The highest BCUT2D eigenvalue weighted by Crippen LogP contribution is 2.31. The Kier molecular flexibility index (Phi) is 5.97. The summed E-state index contributed by atoms with van der Waals surface area (Å²) in [6.45, 7) is 0. The van der Waals surface area contributed by atoms with Crippen LogP contribution in [0.15, 0.2) is 82.3 Å². The molecule has 6 nitrogen and oxygen atoms in total. The Morgan fingerprint density at radius 1 is 0.967 bits per heavy atom. The molecule has 1 heterocycles. The number of amides is 1. The smallest absolute Gasteiger partial charge is 0.416 e. The van der Waals surface area contributed by atoms with Crippen LogP contribution in [0.1, 0.15) is 11.3 Å². The number of hydrogen-bond acceptors (Lipinski definition) is 4. The highest BCUT2D eigenvalue weighted by molar-refractivity contribution is 7.92. The van der Waals surface area contributed by atoms with Crippen LogP contribution < -0.4 is 10.0 Å². The standard InChI is InChI=1S/C20H15F3N2O4S/c21-20(22,23)14-3-1-4-16(13-14)25-30(27,28)18-9-6-15(7-10-18)24-19(26)11-8-17-5-2-12-29-17/h1-13,25H,(H,24,26)/b11-8+. The molecular formula is C20H15F3N2O4S. The van der Waals surface area contributed by atoms with E-state index < -0.39 is 27.7 Å². The lowest BCUT2D eigenvalue weighted by Crippen LogP contribution is -2.14. The lowest BCUT2D eigenvalue weighted by Gasteiger charge is -2.11. The van der Waals surface area contributed by atoms with Crippen LogP contribution in [0.25, 0.3) is 6.08 Å². The van der Waals surface area contributed by atoms with Gasteiger partial charge in [-0.1, -0.05) is 6.07 Å². The highest BCUT2D eigenvalue weighted by Gasteiger charge is 2.30. The zero-order valence-corrected chi connectivity index (χ0v) is 16.0. The lowest BCUT2D eigenvalue weighted by atomic mass is 10.2. The van der Waals surface area contributed by atoms with Gasteiger partial charge < -0.3 is 9.73 Å². The summed E-state index contributed by atoms with van der Waals surface area (Å²) in [5, 5.41) is 2.55. The molecule has 1 amide bonds. The van der Waals surface area contributed by atoms with Crippen molar-refractivity contribution in [3.05, 3.63) is 84.3 Å². The first-order chi connectivity index (χ1) is 14.1. The van der Waals surface area contributed by atoms with Crippen molar-refractivity contribution in [3.63, 3.8) is 0 Å². The Balaban J connectivity index is 1.68. The van der Waals surface area contributed by atoms with Crippen molar-refractivity contribution in [1.29, 1.82) is 0 Å². The van der Waals surface area contributed by atoms with E-state index in [1.54, 1.807) is 12.1 Å². The molecule has 0 atom stereocenters. The topological polar surface area (TPSA) is 88.4 Å². The van der Waals surface area contributed by atoms with Crippen LogP contribution in [0.2, 0.25) is 0 Å². The van der Waals surface area contributed by atoms with E-state index >= 15 is 0 Å². The van der Waals surface area contributed by atoms with Crippen LogP contribution in [0.5, 0.6) is 0 Å². The minimum atomic E-state index is -4.59. The quantitative estimate of drug-likeness (QED) is 0.546. The van der Waals surface area contributed by atoms with Gasteiger partial charge in [0, 0.05) is 17.5 Å². The predicted molar refractivity (Wildman–Crippen MR) is 105 cm³/mol. The molecule has 2 N–H and O–H groups in total. The normalized spacial score (nSPS) is 12.1. The molecule has 2 aromatic carbocycles. The maximum atomic E-state index is 12.8. The van der Waals surface area contributed by atoms with Gasteiger partial charge in [0.05, 0.1) is 16.7 Å². The van der Waals surface area contributed by atoms with Gasteiger partial charge in [0.2, 0.25) is 5.91 Å². The van der Waals surface area contributed by atoms with E-state index in [4.69, 9.17) is 4.42 Å². The molecule has 0 aliphatic rings. The molecule has 156 valence electrons. The third-order valence-electron chi connectivity index (χ3n) is 3.82. The van der Waals surface area contributed by atoms with Crippen LogP contribution in [-0.2, 0) is 21.0 Å². The van der Waals surface area contributed by atoms with Gasteiger partial charge in [-0.2, -0.15) is 13.2 Å². The van der Waals surface area contributed by atoms with Gasteiger partial charge in [0.15, 0.2) is 0 Å². The third-order valence-corrected chi connectivity index (χ3v) is 5.21. The minimum Gasteiger partial charge on any atom is -0.465 e. The van der Waals surface area contributed by atoms with Gasteiger partial charge in [-0.25, -0.2) is 8.42 Å². The summed E-state index contributed by atoms with van der Waals surface area (Å²) < 4.78 is 70.4. The van der Waals surface area contributed by atoms with Gasteiger partial charge >= 0.3 is 6.18 Å². The molecule has 0 aliphatic heterocycles. The Labute approximate surface area is 170 Å². The first-order valence-electron chi connectivity index (χ1n) is 8.46. The summed E-state index contributed by atoms with van der Waals surface area (Å²) in [6, 6.07) is 12.4. The number of carbonyl (C=O) groups excluding carboxylic acids is 1. The molecular weight excluding hydrogens is 421 g/mol. The molecule has 0 radical (unpaired) electrons. The second-order valence-electron chi connectivity index (χ2n) is 6.05. The van der Waals surface area contributed by atoms with Crippen LogP contribution in [0.3, 0.4) is 0 Å². The van der Waals surface area contributed by atoms with Gasteiger partial charge in [0.25, 0.3) is 10.0 Å². The maximum absolute atomic E-state index is 12.8. The molecule has 0 aliphatic carbocycles. The first-order valence-corrected chi connectivity index (χ1v) is 9.94. The number of furan rings is 1. The van der Waals surface area contributed by atoms with Crippen LogP contribution in [0, 0.1) is 0 Å². The molecule has 0 saturated heterocycles. The van der Waals surface area contributed by atoms with Crippen molar-refractivity contribution >= 4 is 33.4 Å². The molecule has 30 heavy (non-hydrogen) atoms. The minimum absolute atomic E-state index is 0.177. The average Bonchev–Trinajstić information content (AvgIpc) is 3.20. The second-order valence-corrected chi connectivity index (χ2v) is 7.73. The Morgan fingerprint density at radius 2 is 1.70 bits per heavy atom. The first kappa shape index (κ1) is 21.2. The molecule has 0 fully saturated rings. The SMILES string of the molecule is O=C(/C=C/c1ccco1)Nc1ccc(S(=O)(=O)Nc2cccc(C(F)(F)F)c2)cc1. The number of sulfonamides is 1. The molecule has 10 heteroatoms. The van der Waals surface area contributed by atoms with E-state index in [2.05, 4.69) is 10.0 Å². The van der Waals surface area contributed by atoms with E-state index in [-0.39, 0.29) is 10.6 Å². The average molecular weight is 436 g/mol. The van der Waals surface area contributed by atoms with Gasteiger partial charge in [-0.3, -0.25) is 9.52 Å². The van der Waals surface area contributed by atoms with Crippen LogP contribution in [0.4, 0.5) is 24.5 Å². The summed E-state index contributed by atoms with van der Waals surface area (Å²) >= 11 is 0. The number of rotatable bonds is 6. The lowest BCUT2D eigenvalue weighted by molar-refractivity contribution is -0.137. The number of hydrogen-bond donors (Lipinski definition) is 2. The van der Waals surface area contributed by atoms with Crippen molar-refractivity contribution in [1.82, 2.24) is 0 Å². The summed E-state index contributed by atoms with van der Waals surface area (Å²) in [5.74, 6) is 0.0383. The molecule has 0 bridgehead atoms. The molecule has 3 rings (SSSR count). The summed E-state index contributed by atoms with van der Waals surface area (Å²) in [7, 11) is -4.12. The van der Waals surface area contributed by atoms with Gasteiger partial charge in [-0.05, 0) is 60.7 Å². The Bertz CT molecular complexity index is 1150. The molecule has 1 aromatic heterocycles. The fourth-order valence-corrected chi connectivity index (χ4v) is 3.47. The predicted octanol–water partition coefficient (Wildman–Crippen LogP) is 4.75. The fourth-order valence-electron chi connectivity index (χ4n) is 2.42. The highest BCUT2D eigenvalue weighted by atomic mass is 32.2. The molecule has 0 spiro atoms. The van der Waals surface area contributed by atoms with E-state index in [0.29, 0.717) is 17.5 Å². The van der Waals surface area contributed by atoms with Crippen molar-refractivity contribution < 1.29 is 30.8 Å². The zero-order valence-electron chi connectivity index (χ0n) is 15.2. The zero-order chi connectivity index (χ0) is 21.8.